The van der Waals surface area contributed by atoms with Crippen molar-refractivity contribution in [3.05, 3.63) is 35.9 Å². The molecule has 0 saturated heterocycles. The predicted molar refractivity (Wildman–Crippen MR) is 111 cm³/mol. The highest BCUT2D eigenvalue weighted by atomic mass is 32.2. The van der Waals surface area contributed by atoms with E-state index in [2.05, 4.69) is 6.92 Å². The number of likely N-dealkylation sites (N-methyl/N-ethyl adjacent to an activating group) is 1. The summed E-state index contributed by atoms with van der Waals surface area (Å²) in [5, 5.41) is 10.6. The lowest BCUT2D eigenvalue weighted by molar-refractivity contribution is 0.103. The minimum Gasteiger partial charge on any atom is -0.393 e. The van der Waals surface area contributed by atoms with Gasteiger partial charge < -0.3 is 5.11 Å². The summed E-state index contributed by atoms with van der Waals surface area (Å²) in [5.74, 6) is -0.528. The van der Waals surface area contributed by atoms with E-state index in [-0.39, 0.29) is 6.42 Å². The Morgan fingerprint density at radius 2 is 1.63 bits per heavy atom. The van der Waals surface area contributed by atoms with Gasteiger partial charge in [-0.3, -0.25) is 9.45 Å². The first-order chi connectivity index (χ1) is 12.7. The lowest BCUT2D eigenvalue weighted by atomic mass is 9.83. The molecule has 1 aromatic rings. The Morgan fingerprint density at radius 1 is 1.04 bits per heavy atom. The van der Waals surface area contributed by atoms with Crippen LogP contribution >= 0.6 is 0 Å². The van der Waals surface area contributed by atoms with Crippen LogP contribution in [0.3, 0.4) is 0 Å². The lowest BCUT2D eigenvalue weighted by Gasteiger charge is -2.43. The van der Waals surface area contributed by atoms with Crippen molar-refractivity contribution >= 4 is 10.1 Å². The number of unbranched alkanes of at least 4 members (excludes halogenated alkanes) is 4. The Kier molecular flexibility index (Phi) is 9.95. The Hall–Kier alpha value is -0.950. The summed E-state index contributed by atoms with van der Waals surface area (Å²) in [7, 11) is -1.04. The first-order valence-electron chi connectivity index (χ1n) is 10.1. The van der Waals surface area contributed by atoms with E-state index in [1.807, 2.05) is 30.3 Å². The zero-order valence-corrected chi connectivity index (χ0v) is 18.1. The fraction of sp³-hybridized carbons (Fsp3) is 0.714. The van der Waals surface area contributed by atoms with Gasteiger partial charge in [0.05, 0.1) is 6.10 Å². The summed E-state index contributed by atoms with van der Waals surface area (Å²) in [6, 6.07) is 9.34. The van der Waals surface area contributed by atoms with E-state index in [1.54, 1.807) is 25.9 Å². The van der Waals surface area contributed by atoms with Gasteiger partial charge in [-0.25, -0.2) is 0 Å². The lowest BCUT2D eigenvalue weighted by Crippen LogP contribution is -2.55. The smallest absolute Gasteiger partial charge is 0.284 e. The number of aliphatic hydroxyl groups excluding tert-OH is 1. The second kappa shape index (κ2) is 11.1. The van der Waals surface area contributed by atoms with Crippen molar-refractivity contribution in [1.29, 1.82) is 0 Å². The highest BCUT2D eigenvalue weighted by molar-refractivity contribution is 7.87. The summed E-state index contributed by atoms with van der Waals surface area (Å²) in [4.78, 5) is 0.103. The summed E-state index contributed by atoms with van der Waals surface area (Å²) < 4.78 is 35.1. The summed E-state index contributed by atoms with van der Waals surface area (Å²) in [6.07, 6.45) is 6.09. The Bertz CT molecular complexity index is 633. The molecule has 6 heteroatoms. The second-order valence-electron chi connectivity index (χ2n) is 7.62. The van der Waals surface area contributed by atoms with Crippen LogP contribution in [0.25, 0.3) is 0 Å². The van der Waals surface area contributed by atoms with Crippen LogP contribution in [-0.4, -0.2) is 48.0 Å². The maximum Gasteiger partial charge on any atom is 0.284 e. The van der Waals surface area contributed by atoms with Crippen molar-refractivity contribution in [3.63, 3.8) is 0 Å². The van der Waals surface area contributed by atoms with E-state index in [0.29, 0.717) is 12.8 Å². The van der Waals surface area contributed by atoms with Gasteiger partial charge in [-0.05, 0) is 38.9 Å². The summed E-state index contributed by atoms with van der Waals surface area (Å²) in [5.41, 5.74) is 0.815. The average molecular weight is 400 g/mol. The van der Waals surface area contributed by atoms with E-state index in [9.17, 15) is 18.1 Å². The van der Waals surface area contributed by atoms with Crippen LogP contribution in [0.4, 0.5) is 0 Å². The predicted octanol–water partition coefficient (Wildman–Crippen LogP) is 4.44. The van der Waals surface area contributed by atoms with Crippen LogP contribution < -0.4 is 0 Å². The number of hydrogen-bond donors (Lipinski definition) is 2. The van der Waals surface area contributed by atoms with Crippen molar-refractivity contribution in [3.8, 4) is 0 Å². The molecule has 1 aromatic carbocycles. The molecule has 0 bridgehead atoms. The number of hydrogen-bond acceptors (Lipinski definition) is 4. The number of nitrogens with zero attached hydrogens (tertiary/aromatic N) is 1. The first-order valence-corrected chi connectivity index (χ1v) is 11.5. The van der Waals surface area contributed by atoms with Crippen LogP contribution in [0.1, 0.15) is 76.7 Å². The largest absolute Gasteiger partial charge is 0.393 e. The fourth-order valence-corrected chi connectivity index (χ4v) is 5.52. The van der Waals surface area contributed by atoms with Crippen molar-refractivity contribution < 1.29 is 18.1 Å². The molecule has 0 aliphatic rings. The molecule has 2 N–H and O–H groups in total. The van der Waals surface area contributed by atoms with Crippen molar-refractivity contribution in [2.24, 2.45) is 0 Å². The quantitative estimate of drug-likeness (QED) is 0.379. The normalized spacial score (nSPS) is 16.9. The maximum absolute atomic E-state index is 12.5. The molecule has 5 nitrogen and oxygen atoms in total. The molecule has 27 heavy (non-hydrogen) atoms. The van der Waals surface area contributed by atoms with Crippen LogP contribution in [0, 0.1) is 0 Å². The van der Waals surface area contributed by atoms with Crippen molar-refractivity contribution in [2.45, 2.75) is 82.1 Å². The molecular formula is C21H37NO4S. The zero-order chi connectivity index (χ0) is 20.5. The number of rotatable bonds is 13. The SMILES string of the molecule is CCCCCCCC(O)CC(c1ccccc1)C(CC)(N(C)C)S(=O)(=O)O. The fourth-order valence-electron chi connectivity index (χ4n) is 4.11. The van der Waals surface area contributed by atoms with Gasteiger partial charge in [0.1, 0.15) is 0 Å². The van der Waals surface area contributed by atoms with E-state index in [1.165, 1.54) is 12.8 Å². The van der Waals surface area contributed by atoms with Gasteiger partial charge >= 0.3 is 0 Å². The minimum atomic E-state index is -4.39. The van der Waals surface area contributed by atoms with Gasteiger partial charge in [0.2, 0.25) is 0 Å². The third-order valence-electron chi connectivity index (χ3n) is 5.61. The minimum absolute atomic E-state index is 0.224. The maximum atomic E-state index is 12.5. The third kappa shape index (κ3) is 6.28. The van der Waals surface area contributed by atoms with Gasteiger partial charge in [-0.15, -0.1) is 0 Å². The Morgan fingerprint density at radius 3 is 2.11 bits per heavy atom. The van der Waals surface area contributed by atoms with Gasteiger partial charge in [0.25, 0.3) is 10.1 Å². The molecule has 0 fully saturated rings. The van der Waals surface area contributed by atoms with E-state index in [4.69, 9.17) is 0 Å². The Labute approximate surface area is 165 Å². The Balaban J connectivity index is 3.10. The molecule has 3 atom stereocenters. The molecule has 0 aliphatic heterocycles. The molecule has 1 rings (SSSR count). The average Bonchev–Trinajstić information content (AvgIpc) is 2.61. The first kappa shape index (κ1) is 24.1. The molecule has 156 valence electrons. The zero-order valence-electron chi connectivity index (χ0n) is 17.3. The van der Waals surface area contributed by atoms with Gasteiger partial charge in [0, 0.05) is 5.92 Å². The third-order valence-corrected chi connectivity index (χ3v) is 7.44. The number of benzene rings is 1. The van der Waals surface area contributed by atoms with Gasteiger partial charge in [-0.2, -0.15) is 8.42 Å². The van der Waals surface area contributed by atoms with Crippen LogP contribution in [-0.2, 0) is 10.1 Å². The van der Waals surface area contributed by atoms with Gasteiger partial charge in [-0.1, -0.05) is 76.3 Å². The molecule has 0 heterocycles. The summed E-state index contributed by atoms with van der Waals surface area (Å²) in [6.45, 7) is 3.93. The molecule has 0 amide bonds. The van der Waals surface area contributed by atoms with E-state index < -0.39 is 27.0 Å². The van der Waals surface area contributed by atoms with Crippen LogP contribution in [0.15, 0.2) is 30.3 Å². The molecule has 0 spiro atoms. The molecule has 0 saturated carbocycles. The molecule has 0 radical (unpaired) electrons. The molecule has 0 aliphatic carbocycles. The standard InChI is InChI=1S/C21H37NO4S/c1-5-7-8-9-13-16-19(23)17-20(18-14-11-10-12-15-18)21(6-2,22(3)4)27(24,25)26/h10-12,14-15,19-20,23H,5-9,13,16-17H2,1-4H3,(H,24,25,26). The topological polar surface area (TPSA) is 77.8 Å². The van der Waals surface area contributed by atoms with E-state index in [0.717, 1.165) is 24.8 Å². The van der Waals surface area contributed by atoms with E-state index >= 15 is 0 Å². The highest BCUT2D eigenvalue weighted by Crippen LogP contribution is 2.42. The number of aliphatic hydroxyl groups is 1. The monoisotopic (exact) mass is 399 g/mol. The highest BCUT2D eigenvalue weighted by Gasteiger charge is 2.51. The molecule has 0 aromatic heterocycles. The van der Waals surface area contributed by atoms with Crippen molar-refractivity contribution in [1.82, 2.24) is 4.90 Å². The van der Waals surface area contributed by atoms with Crippen LogP contribution in [0.5, 0.6) is 0 Å². The van der Waals surface area contributed by atoms with Gasteiger partial charge in [0.15, 0.2) is 4.87 Å². The molecular weight excluding hydrogens is 362 g/mol. The van der Waals surface area contributed by atoms with Crippen molar-refractivity contribution in [2.75, 3.05) is 14.1 Å². The van der Waals surface area contributed by atoms with Crippen LogP contribution in [0.2, 0.25) is 0 Å². The molecule has 3 unspecified atom stereocenters. The second-order valence-corrected chi connectivity index (χ2v) is 9.28. The summed E-state index contributed by atoms with van der Waals surface area (Å²) >= 11 is 0.